The van der Waals surface area contributed by atoms with Gasteiger partial charge in [0.2, 0.25) is 18.1 Å². The number of hydrogen-bond donors (Lipinski definition) is 13. The van der Waals surface area contributed by atoms with Crippen LogP contribution in [-0.2, 0) is 42.8 Å². The van der Waals surface area contributed by atoms with Crippen LogP contribution in [0.4, 0.5) is 0 Å². The molecule has 13 N–H and O–H groups in total. The molecule has 2 bridgehead atoms. The molecule has 0 radical (unpaired) electrons. The predicted octanol–water partition coefficient (Wildman–Crippen LogP) is 0.0179. The topological polar surface area (TPSA) is 447 Å². The fourth-order valence-electron chi connectivity index (χ4n) is 7.37. The molecule has 27 nitrogen and oxygen atoms in total. The summed E-state index contributed by atoms with van der Waals surface area (Å²) in [5.41, 5.74) is -4.15. The Balaban J connectivity index is 1.44. The maximum absolute atomic E-state index is 14.5. The van der Waals surface area contributed by atoms with Gasteiger partial charge in [0, 0.05) is 11.5 Å². The standard InChI is InChI=1S/C41H32O27/c42-15-1-10(2-16(43)26(15)51)35(56)62-9-22-31-33(66-36(57)11-3-17(44)27(52)18(45)4-11)34(41(63-22)68-37(58)12-5-19(46)28(53)20(47)6-12)67-38(59)13-7-21(48)29(54)32-25(13)24(30(55)40(61)65-32)14(8-23(49)50)39(60)64-31/h1-7,14,22,24,30-31,33-34,41-48,51-55H,8-9H2,(H,49,50)/t14-,22-,24-,30-,31-,33+,34-,41+/m0/s1. The van der Waals surface area contributed by atoms with Crippen LogP contribution >= 0.6 is 0 Å². The maximum atomic E-state index is 14.5. The molecular weight excluding hydrogens is 924 g/mol. The van der Waals surface area contributed by atoms with E-state index < -0.39 is 200 Å². The second-order valence-electron chi connectivity index (χ2n) is 14.9. The van der Waals surface area contributed by atoms with Gasteiger partial charge in [-0.25, -0.2) is 24.0 Å². The van der Waals surface area contributed by atoms with E-state index in [1.165, 1.54) is 0 Å². The molecule has 8 atom stereocenters. The first kappa shape index (κ1) is 46.9. The second kappa shape index (κ2) is 17.7. The SMILES string of the molecule is O=C(O)C[C@@H]1C(=O)O[C@@H]2[C@@H](OC(=O)c3cc(O)c(O)c(O)c3)[C@H](OC(=O)c3cc(O)c(O)c4c3[C@H]1[C@H](O)C(=O)O4)[C@@H](OC(=O)c1cc(O)c(O)c(O)c1)O[C@H]2COC(=O)c1cc(O)c(O)c(O)c1. The third kappa shape index (κ3) is 8.58. The minimum Gasteiger partial charge on any atom is -0.504 e. The molecule has 7 rings (SSSR count). The number of benzene rings is 4. The summed E-state index contributed by atoms with van der Waals surface area (Å²) in [4.78, 5) is 95.4. The Kier molecular flexibility index (Phi) is 12.2. The number of phenols is 11. The molecule has 0 spiro atoms. The average Bonchev–Trinajstić information content (AvgIpc) is 3.28. The van der Waals surface area contributed by atoms with Gasteiger partial charge >= 0.3 is 41.8 Å². The van der Waals surface area contributed by atoms with Gasteiger partial charge in [0.05, 0.1) is 34.6 Å². The van der Waals surface area contributed by atoms with Crippen LogP contribution < -0.4 is 4.74 Å². The van der Waals surface area contributed by atoms with E-state index in [2.05, 4.69) is 0 Å². The third-order valence-corrected chi connectivity index (χ3v) is 10.6. The number of aliphatic hydroxyl groups excluding tert-OH is 1. The summed E-state index contributed by atoms with van der Waals surface area (Å²) in [6, 6.07) is 3.84. The van der Waals surface area contributed by atoms with E-state index in [0.29, 0.717) is 42.5 Å². The average molecular weight is 957 g/mol. The number of aliphatic carboxylic acids is 1. The number of carboxylic acids is 1. The molecule has 358 valence electrons. The fraction of sp³-hybridized carbons (Fsp3) is 0.244. The van der Waals surface area contributed by atoms with Crippen molar-refractivity contribution in [3.05, 3.63) is 70.3 Å². The summed E-state index contributed by atoms with van der Waals surface area (Å²) >= 11 is 0. The smallest absolute Gasteiger partial charge is 0.341 e. The summed E-state index contributed by atoms with van der Waals surface area (Å²) in [5.74, 6) is -29.8. The van der Waals surface area contributed by atoms with Crippen molar-refractivity contribution in [3.63, 3.8) is 0 Å². The van der Waals surface area contributed by atoms with Crippen LogP contribution in [0.1, 0.15) is 59.3 Å². The summed E-state index contributed by atoms with van der Waals surface area (Å²) in [6.07, 6.45) is -16.3. The van der Waals surface area contributed by atoms with E-state index >= 15 is 0 Å². The van der Waals surface area contributed by atoms with Crippen LogP contribution in [0.2, 0.25) is 0 Å². The van der Waals surface area contributed by atoms with Gasteiger partial charge in [-0.3, -0.25) is 9.59 Å². The number of aliphatic hydroxyl groups is 1. The van der Waals surface area contributed by atoms with E-state index in [9.17, 15) is 99.9 Å². The number of carbonyl (C=O) groups excluding carboxylic acids is 6. The molecule has 1 saturated heterocycles. The van der Waals surface area contributed by atoms with Crippen molar-refractivity contribution >= 4 is 41.8 Å². The Bertz CT molecular complexity index is 2750. The molecular formula is C41H32O27. The van der Waals surface area contributed by atoms with E-state index in [-0.39, 0.29) is 0 Å². The lowest BCUT2D eigenvalue weighted by Gasteiger charge is -2.44. The molecule has 0 saturated carbocycles. The highest BCUT2D eigenvalue weighted by Crippen LogP contribution is 2.51. The van der Waals surface area contributed by atoms with Crippen LogP contribution in [-0.4, -0.2) is 152 Å². The Labute approximate surface area is 375 Å². The highest BCUT2D eigenvalue weighted by Gasteiger charge is 2.57. The molecule has 3 aliphatic rings. The Morgan fingerprint density at radius 1 is 0.574 bits per heavy atom. The highest BCUT2D eigenvalue weighted by atomic mass is 16.7. The third-order valence-electron chi connectivity index (χ3n) is 10.6. The molecule has 0 unspecified atom stereocenters. The molecule has 27 heteroatoms. The number of esters is 6. The second-order valence-corrected chi connectivity index (χ2v) is 14.9. The summed E-state index contributed by atoms with van der Waals surface area (Å²) in [7, 11) is 0. The van der Waals surface area contributed by atoms with Crippen LogP contribution in [0.25, 0.3) is 0 Å². The fourth-order valence-corrected chi connectivity index (χ4v) is 7.37. The minimum absolute atomic E-state index is 0.449. The molecule has 4 aromatic carbocycles. The van der Waals surface area contributed by atoms with Crippen molar-refractivity contribution in [2.75, 3.05) is 6.61 Å². The summed E-state index contributed by atoms with van der Waals surface area (Å²) in [6.45, 7) is -1.28. The molecule has 68 heavy (non-hydrogen) atoms. The van der Waals surface area contributed by atoms with Gasteiger partial charge in [-0.05, 0) is 42.5 Å². The van der Waals surface area contributed by atoms with Crippen molar-refractivity contribution in [2.45, 2.75) is 49.1 Å². The van der Waals surface area contributed by atoms with Crippen LogP contribution in [0.15, 0.2) is 42.5 Å². The first-order valence-corrected chi connectivity index (χ1v) is 19.1. The number of aromatic hydroxyl groups is 11. The lowest BCUT2D eigenvalue weighted by molar-refractivity contribution is -0.287. The number of rotatable bonds is 9. The molecule has 0 aliphatic carbocycles. The lowest BCUT2D eigenvalue weighted by Crippen LogP contribution is -2.63. The number of fused-ring (bicyclic) bond motifs is 2. The molecule has 1 fully saturated rings. The Morgan fingerprint density at radius 3 is 1.54 bits per heavy atom. The first-order valence-electron chi connectivity index (χ1n) is 19.1. The van der Waals surface area contributed by atoms with Crippen molar-refractivity contribution in [3.8, 4) is 69.0 Å². The molecule has 0 amide bonds. The molecule has 3 heterocycles. The van der Waals surface area contributed by atoms with Crippen molar-refractivity contribution < 1.29 is 133 Å². The zero-order valence-electron chi connectivity index (χ0n) is 33.6. The molecule has 4 aromatic rings. The zero-order chi connectivity index (χ0) is 49.8. The molecule has 0 aromatic heterocycles. The monoisotopic (exact) mass is 956 g/mol. The van der Waals surface area contributed by atoms with Gasteiger partial charge in [0.25, 0.3) is 0 Å². The van der Waals surface area contributed by atoms with E-state index in [4.69, 9.17) is 33.2 Å². The van der Waals surface area contributed by atoms with Crippen molar-refractivity contribution in [1.29, 1.82) is 0 Å². The van der Waals surface area contributed by atoms with Gasteiger partial charge in [0.1, 0.15) is 12.7 Å². The maximum Gasteiger partial charge on any atom is 0.341 e. The Morgan fingerprint density at radius 2 is 1.04 bits per heavy atom. The summed E-state index contributed by atoms with van der Waals surface area (Å²) < 4.78 is 38.6. The van der Waals surface area contributed by atoms with Gasteiger partial charge in [0.15, 0.2) is 81.6 Å². The van der Waals surface area contributed by atoms with Crippen molar-refractivity contribution in [2.24, 2.45) is 5.92 Å². The summed E-state index contributed by atoms with van der Waals surface area (Å²) in [5, 5.41) is 133. The van der Waals surface area contributed by atoms with Gasteiger partial charge in [-0.1, -0.05) is 0 Å². The van der Waals surface area contributed by atoms with E-state index in [1.54, 1.807) is 0 Å². The van der Waals surface area contributed by atoms with E-state index in [1.807, 2.05) is 0 Å². The van der Waals surface area contributed by atoms with Crippen molar-refractivity contribution in [1.82, 2.24) is 0 Å². The quantitative estimate of drug-likeness (QED) is 0.0455. The van der Waals surface area contributed by atoms with Crippen LogP contribution in [0.3, 0.4) is 0 Å². The zero-order valence-corrected chi connectivity index (χ0v) is 33.6. The van der Waals surface area contributed by atoms with E-state index in [0.717, 1.165) is 0 Å². The lowest BCUT2D eigenvalue weighted by atomic mass is 9.76. The minimum atomic E-state index is -2.57. The number of carbonyl (C=O) groups is 7. The first-order chi connectivity index (χ1) is 32.0. The van der Waals surface area contributed by atoms with Gasteiger partial charge in [-0.2, -0.15) is 0 Å². The van der Waals surface area contributed by atoms with Crippen LogP contribution in [0, 0.1) is 5.92 Å². The van der Waals surface area contributed by atoms with Crippen LogP contribution in [0.5, 0.6) is 69.0 Å². The molecule has 3 aliphatic heterocycles. The number of ether oxygens (including phenoxy) is 7. The normalized spacial score (nSPS) is 23.0. The largest absolute Gasteiger partial charge is 0.504 e. The Hall–Kier alpha value is -9.11. The number of phenolic OH excluding ortho intramolecular Hbond substituents is 11. The van der Waals surface area contributed by atoms with Gasteiger partial charge in [-0.15, -0.1) is 0 Å². The number of hydrogen-bond acceptors (Lipinski definition) is 26. The van der Waals surface area contributed by atoms with Gasteiger partial charge < -0.3 is 99.5 Å². The number of carboxylic acid groups (broad SMARTS) is 1. The predicted molar refractivity (Wildman–Crippen MR) is 207 cm³/mol. The highest BCUT2D eigenvalue weighted by molar-refractivity contribution is 5.98.